The van der Waals surface area contributed by atoms with E-state index in [-0.39, 0.29) is 11.9 Å². The lowest BCUT2D eigenvalue weighted by Gasteiger charge is -2.18. The third-order valence-electron chi connectivity index (χ3n) is 2.02. The lowest BCUT2D eigenvalue weighted by Crippen LogP contribution is -2.45. The Labute approximate surface area is 85.9 Å². The smallest absolute Gasteiger partial charge is 0.237 e. The van der Waals surface area contributed by atoms with E-state index in [0.29, 0.717) is 12.8 Å². The highest BCUT2D eigenvalue weighted by molar-refractivity contribution is 5.81. The Kier molecular flexibility index (Phi) is 6.49. The normalized spacial score (nSPS) is 17.2. The van der Waals surface area contributed by atoms with Crippen LogP contribution < -0.4 is 11.1 Å². The third-order valence-corrected chi connectivity index (χ3v) is 2.02. The molecule has 0 spiro atoms. The fraction of sp³-hybridized carbons (Fsp3) is 0.900. The molecule has 2 unspecified atom stereocenters. The molecule has 84 valence electrons. The molecule has 0 aliphatic carbocycles. The number of hydrogen-bond donors (Lipinski definition) is 3. The number of nitrogens with one attached hydrogen (secondary N) is 1. The molecular weight excluding hydrogens is 180 g/mol. The van der Waals surface area contributed by atoms with Gasteiger partial charge < -0.3 is 16.2 Å². The van der Waals surface area contributed by atoms with Crippen molar-refractivity contribution in [2.24, 2.45) is 5.73 Å². The highest BCUT2D eigenvalue weighted by atomic mass is 16.3. The maximum atomic E-state index is 11.4. The van der Waals surface area contributed by atoms with Crippen LogP contribution in [0, 0.1) is 0 Å². The summed E-state index contributed by atoms with van der Waals surface area (Å²) >= 11 is 0. The Bertz CT molecular complexity index is 172. The van der Waals surface area contributed by atoms with Crippen LogP contribution in [0.4, 0.5) is 0 Å². The summed E-state index contributed by atoms with van der Waals surface area (Å²) in [5.41, 5.74) is 5.63. The van der Waals surface area contributed by atoms with E-state index in [2.05, 4.69) is 5.32 Å². The van der Waals surface area contributed by atoms with Crippen molar-refractivity contribution in [2.45, 2.75) is 58.2 Å². The van der Waals surface area contributed by atoms with Crippen molar-refractivity contribution in [3.05, 3.63) is 0 Å². The van der Waals surface area contributed by atoms with E-state index in [4.69, 9.17) is 10.8 Å². The van der Waals surface area contributed by atoms with Crippen molar-refractivity contribution in [3.8, 4) is 0 Å². The first kappa shape index (κ1) is 13.4. The van der Waals surface area contributed by atoms with Crippen LogP contribution in [0.3, 0.4) is 0 Å². The van der Waals surface area contributed by atoms with Crippen LogP contribution in [0.15, 0.2) is 0 Å². The van der Waals surface area contributed by atoms with Crippen LogP contribution in [0.2, 0.25) is 0 Å². The number of amides is 1. The minimum atomic E-state index is -0.420. The fourth-order valence-electron chi connectivity index (χ4n) is 1.36. The summed E-state index contributed by atoms with van der Waals surface area (Å²) in [5.74, 6) is -0.125. The van der Waals surface area contributed by atoms with Crippen molar-refractivity contribution < 1.29 is 9.90 Å². The average Bonchev–Trinajstić information content (AvgIpc) is 2.02. The molecule has 0 aromatic carbocycles. The molecule has 4 heteroatoms. The van der Waals surface area contributed by atoms with E-state index in [1.807, 2.05) is 13.8 Å². The standard InChI is InChI=1S/C10H22N2O2/c1-4-5-9(11)10(14)12-7(2)6-8(3)13/h7-9,13H,4-6,11H2,1-3H3,(H,12,14)/t7?,8?,9-/m1/s1. The molecular formula is C10H22N2O2. The zero-order chi connectivity index (χ0) is 11.1. The fourth-order valence-corrected chi connectivity index (χ4v) is 1.36. The molecule has 0 rings (SSSR count). The minimum absolute atomic E-state index is 0.0228. The quantitative estimate of drug-likeness (QED) is 0.583. The van der Waals surface area contributed by atoms with E-state index < -0.39 is 12.1 Å². The Morgan fingerprint density at radius 1 is 1.50 bits per heavy atom. The monoisotopic (exact) mass is 202 g/mol. The van der Waals surface area contributed by atoms with Crippen LogP contribution in [0.1, 0.15) is 40.0 Å². The molecule has 14 heavy (non-hydrogen) atoms. The van der Waals surface area contributed by atoms with Crippen LogP contribution in [-0.4, -0.2) is 29.2 Å². The first-order valence-corrected chi connectivity index (χ1v) is 5.21. The second-order valence-electron chi connectivity index (χ2n) is 3.89. The SMILES string of the molecule is CCC[C@@H](N)C(=O)NC(C)CC(C)O. The summed E-state index contributed by atoms with van der Waals surface area (Å²) in [5, 5.41) is 11.9. The number of rotatable bonds is 6. The Morgan fingerprint density at radius 2 is 2.07 bits per heavy atom. The number of aliphatic hydroxyl groups excluding tert-OH is 1. The summed E-state index contributed by atoms with van der Waals surface area (Å²) in [6, 6.07) is -0.443. The first-order chi connectivity index (χ1) is 6.47. The van der Waals surface area contributed by atoms with E-state index in [9.17, 15) is 4.79 Å². The van der Waals surface area contributed by atoms with Crippen molar-refractivity contribution >= 4 is 5.91 Å². The van der Waals surface area contributed by atoms with Gasteiger partial charge in [-0.2, -0.15) is 0 Å². The molecule has 4 nitrogen and oxygen atoms in total. The molecule has 0 aromatic heterocycles. The van der Waals surface area contributed by atoms with Crippen LogP contribution in [0.25, 0.3) is 0 Å². The number of hydrogen-bond acceptors (Lipinski definition) is 3. The first-order valence-electron chi connectivity index (χ1n) is 5.21. The van der Waals surface area contributed by atoms with E-state index in [1.165, 1.54) is 0 Å². The van der Waals surface area contributed by atoms with Crippen molar-refractivity contribution in [1.29, 1.82) is 0 Å². The molecule has 0 fully saturated rings. The molecule has 0 saturated heterocycles. The van der Waals surface area contributed by atoms with Gasteiger partial charge in [0.25, 0.3) is 0 Å². The zero-order valence-corrected chi connectivity index (χ0v) is 9.29. The lowest BCUT2D eigenvalue weighted by molar-refractivity contribution is -0.123. The van der Waals surface area contributed by atoms with E-state index in [0.717, 1.165) is 6.42 Å². The molecule has 0 saturated carbocycles. The van der Waals surface area contributed by atoms with Crippen LogP contribution >= 0.6 is 0 Å². The van der Waals surface area contributed by atoms with Gasteiger partial charge in [-0.15, -0.1) is 0 Å². The topological polar surface area (TPSA) is 75.4 Å². The van der Waals surface area contributed by atoms with Gasteiger partial charge in [0.15, 0.2) is 0 Å². The number of carbonyl (C=O) groups is 1. The molecule has 4 N–H and O–H groups in total. The van der Waals surface area contributed by atoms with Crippen molar-refractivity contribution in [3.63, 3.8) is 0 Å². The maximum Gasteiger partial charge on any atom is 0.237 e. The van der Waals surface area contributed by atoms with Gasteiger partial charge >= 0.3 is 0 Å². The van der Waals surface area contributed by atoms with Gasteiger partial charge in [0, 0.05) is 6.04 Å². The molecule has 0 aromatic rings. The predicted molar refractivity (Wildman–Crippen MR) is 56.8 cm³/mol. The van der Waals surface area contributed by atoms with Crippen LogP contribution in [0.5, 0.6) is 0 Å². The molecule has 0 radical (unpaired) electrons. The molecule has 0 aliphatic heterocycles. The van der Waals surface area contributed by atoms with Gasteiger partial charge in [0.2, 0.25) is 5.91 Å². The van der Waals surface area contributed by atoms with Crippen LogP contribution in [-0.2, 0) is 4.79 Å². The second kappa shape index (κ2) is 6.79. The highest BCUT2D eigenvalue weighted by Crippen LogP contribution is 1.99. The summed E-state index contributed by atoms with van der Waals surface area (Å²) in [4.78, 5) is 11.4. The minimum Gasteiger partial charge on any atom is -0.393 e. The van der Waals surface area contributed by atoms with Gasteiger partial charge in [0.05, 0.1) is 12.1 Å². The Hall–Kier alpha value is -0.610. The van der Waals surface area contributed by atoms with E-state index in [1.54, 1.807) is 6.92 Å². The number of nitrogens with two attached hydrogens (primary N) is 1. The van der Waals surface area contributed by atoms with Gasteiger partial charge in [0.1, 0.15) is 0 Å². The van der Waals surface area contributed by atoms with Gasteiger partial charge in [-0.3, -0.25) is 4.79 Å². The molecule has 0 aliphatic rings. The van der Waals surface area contributed by atoms with Crippen molar-refractivity contribution in [1.82, 2.24) is 5.32 Å². The molecule has 3 atom stereocenters. The predicted octanol–water partition coefficient (Wildman–Crippen LogP) is 0.389. The summed E-state index contributed by atoms with van der Waals surface area (Å²) in [7, 11) is 0. The van der Waals surface area contributed by atoms with Crippen molar-refractivity contribution in [2.75, 3.05) is 0 Å². The molecule has 0 heterocycles. The second-order valence-corrected chi connectivity index (χ2v) is 3.89. The van der Waals surface area contributed by atoms with Gasteiger partial charge in [-0.05, 0) is 26.7 Å². The summed E-state index contributed by atoms with van der Waals surface area (Å²) < 4.78 is 0. The Balaban J connectivity index is 3.80. The number of aliphatic hydroxyl groups is 1. The Morgan fingerprint density at radius 3 is 2.50 bits per heavy atom. The highest BCUT2D eigenvalue weighted by Gasteiger charge is 2.15. The third kappa shape index (κ3) is 5.94. The lowest BCUT2D eigenvalue weighted by atomic mass is 10.1. The zero-order valence-electron chi connectivity index (χ0n) is 9.29. The largest absolute Gasteiger partial charge is 0.393 e. The summed E-state index contributed by atoms with van der Waals surface area (Å²) in [6.45, 7) is 5.56. The van der Waals surface area contributed by atoms with Gasteiger partial charge in [-0.1, -0.05) is 13.3 Å². The molecule has 0 bridgehead atoms. The maximum absolute atomic E-state index is 11.4. The average molecular weight is 202 g/mol. The van der Waals surface area contributed by atoms with E-state index >= 15 is 0 Å². The summed E-state index contributed by atoms with van der Waals surface area (Å²) in [6.07, 6.45) is 1.77. The van der Waals surface area contributed by atoms with Gasteiger partial charge in [-0.25, -0.2) is 0 Å². The molecule has 1 amide bonds. The number of carbonyl (C=O) groups excluding carboxylic acids is 1.